The molecule has 1 amide bonds. The first-order chi connectivity index (χ1) is 11.8. The van der Waals surface area contributed by atoms with Gasteiger partial charge < -0.3 is 4.90 Å². The number of amides is 1. The van der Waals surface area contributed by atoms with Crippen LogP contribution in [-0.2, 0) is 19.5 Å². The Morgan fingerprint density at radius 2 is 2.08 bits per heavy atom. The number of aryl methyl sites for hydroxylation is 1. The molecule has 6 heteroatoms. The maximum Gasteiger partial charge on any atom is 0.274 e. The maximum absolute atomic E-state index is 12.7. The lowest BCUT2D eigenvalue weighted by atomic mass is 10.0. The molecule has 0 bridgehead atoms. The number of fused-ring (bicyclic) bond motifs is 1. The minimum atomic E-state index is -0.0203. The maximum atomic E-state index is 12.7. The first-order valence-corrected chi connectivity index (χ1v) is 8.20. The third-order valence-electron chi connectivity index (χ3n) is 4.45. The van der Waals surface area contributed by atoms with Gasteiger partial charge in [0.15, 0.2) is 0 Å². The van der Waals surface area contributed by atoms with Gasteiger partial charge in [-0.15, -0.1) is 0 Å². The largest absolute Gasteiger partial charge is 0.332 e. The second-order valence-corrected chi connectivity index (χ2v) is 5.93. The fourth-order valence-electron chi connectivity index (χ4n) is 3.12. The Balaban J connectivity index is 1.61. The Morgan fingerprint density at radius 1 is 1.25 bits per heavy atom. The third-order valence-corrected chi connectivity index (χ3v) is 4.45. The zero-order valence-electron chi connectivity index (χ0n) is 13.6. The van der Waals surface area contributed by atoms with Crippen LogP contribution in [0.2, 0.25) is 0 Å². The molecular formula is C18H19N5O. The highest BCUT2D eigenvalue weighted by Gasteiger charge is 2.27. The number of nitrogens with zero attached hydrogens (tertiary/aromatic N) is 4. The number of nitrogens with one attached hydrogen (secondary N) is 1. The summed E-state index contributed by atoms with van der Waals surface area (Å²) >= 11 is 0. The predicted molar refractivity (Wildman–Crippen MR) is 90.4 cm³/mol. The van der Waals surface area contributed by atoms with Crippen LogP contribution in [0.4, 0.5) is 0 Å². The van der Waals surface area contributed by atoms with Crippen LogP contribution in [0.1, 0.15) is 28.7 Å². The Labute approximate surface area is 140 Å². The molecule has 0 atom stereocenters. The SMILES string of the molecule is CCn1ccc(C(=O)N2CCc3[nH]nc(-c4ccccc4)c3C2)n1. The number of aromatic nitrogens is 4. The summed E-state index contributed by atoms with van der Waals surface area (Å²) in [6, 6.07) is 11.9. The number of carbonyl (C=O) groups excluding carboxylic acids is 1. The lowest BCUT2D eigenvalue weighted by molar-refractivity contribution is 0.0727. The number of aromatic amines is 1. The Kier molecular flexibility index (Phi) is 3.65. The highest BCUT2D eigenvalue weighted by atomic mass is 16.2. The lowest BCUT2D eigenvalue weighted by Crippen LogP contribution is -2.36. The third kappa shape index (κ3) is 2.50. The average molecular weight is 321 g/mol. The molecule has 0 aliphatic carbocycles. The first kappa shape index (κ1) is 14.7. The lowest BCUT2D eigenvalue weighted by Gasteiger charge is -2.26. The minimum Gasteiger partial charge on any atom is -0.332 e. The van der Waals surface area contributed by atoms with Gasteiger partial charge in [-0.05, 0) is 13.0 Å². The van der Waals surface area contributed by atoms with Crippen LogP contribution in [0, 0.1) is 0 Å². The highest BCUT2D eigenvalue weighted by molar-refractivity contribution is 5.92. The number of hydrogen-bond donors (Lipinski definition) is 1. The zero-order chi connectivity index (χ0) is 16.5. The molecule has 4 rings (SSSR count). The molecule has 0 spiro atoms. The van der Waals surface area contributed by atoms with Crippen molar-refractivity contribution >= 4 is 5.91 Å². The van der Waals surface area contributed by atoms with Crippen molar-refractivity contribution in [3.05, 3.63) is 59.5 Å². The van der Waals surface area contributed by atoms with Crippen LogP contribution in [0.3, 0.4) is 0 Å². The molecule has 1 N–H and O–H groups in total. The number of benzene rings is 1. The molecule has 1 aliphatic heterocycles. The molecule has 3 aromatic rings. The van der Waals surface area contributed by atoms with Crippen molar-refractivity contribution in [3.63, 3.8) is 0 Å². The molecule has 122 valence electrons. The van der Waals surface area contributed by atoms with Crippen molar-refractivity contribution in [3.8, 4) is 11.3 Å². The van der Waals surface area contributed by atoms with Gasteiger partial charge in [-0.3, -0.25) is 14.6 Å². The van der Waals surface area contributed by atoms with Crippen LogP contribution < -0.4 is 0 Å². The van der Waals surface area contributed by atoms with Gasteiger partial charge in [-0.1, -0.05) is 30.3 Å². The molecule has 0 unspecified atom stereocenters. The van der Waals surface area contributed by atoms with Crippen LogP contribution in [0.15, 0.2) is 42.6 Å². The molecule has 1 aliphatic rings. The second-order valence-electron chi connectivity index (χ2n) is 5.93. The quantitative estimate of drug-likeness (QED) is 0.806. The minimum absolute atomic E-state index is 0.0203. The predicted octanol–water partition coefficient (Wildman–Crippen LogP) is 2.49. The normalized spacial score (nSPS) is 13.8. The van der Waals surface area contributed by atoms with Gasteiger partial charge in [-0.2, -0.15) is 10.2 Å². The Morgan fingerprint density at radius 3 is 2.83 bits per heavy atom. The fraction of sp³-hybridized carbons (Fsp3) is 0.278. The Bertz CT molecular complexity index is 865. The number of carbonyl (C=O) groups is 1. The molecule has 0 saturated carbocycles. The number of hydrogen-bond acceptors (Lipinski definition) is 3. The summed E-state index contributed by atoms with van der Waals surface area (Å²) in [4.78, 5) is 14.6. The standard InChI is InChI=1S/C18H19N5O/c1-2-23-11-9-16(21-23)18(24)22-10-8-15-14(12-22)17(20-19-15)13-6-4-3-5-7-13/h3-7,9,11H,2,8,10,12H2,1H3,(H,19,20). The molecule has 1 aromatic carbocycles. The van der Waals surface area contributed by atoms with Crippen LogP contribution >= 0.6 is 0 Å². The van der Waals surface area contributed by atoms with Crippen LogP contribution in [0.5, 0.6) is 0 Å². The van der Waals surface area contributed by atoms with Gasteiger partial charge in [0, 0.05) is 42.5 Å². The molecule has 0 fully saturated rings. The van der Waals surface area contributed by atoms with Gasteiger partial charge in [0.05, 0.1) is 12.2 Å². The van der Waals surface area contributed by atoms with Gasteiger partial charge in [0.25, 0.3) is 5.91 Å². The van der Waals surface area contributed by atoms with Gasteiger partial charge >= 0.3 is 0 Å². The topological polar surface area (TPSA) is 66.8 Å². The Hall–Kier alpha value is -2.89. The van der Waals surface area contributed by atoms with E-state index in [1.54, 1.807) is 10.7 Å². The summed E-state index contributed by atoms with van der Waals surface area (Å²) in [7, 11) is 0. The summed E-state index contributed by atoms with van der Waals surface area (Å²) in [5, 5.41) is 11.9. The van der Waals surface area contributed by atoms with Crippen molar-refractivity contribution in [2.45, 2.75) is 26.4 Å². The smallest absolute Gasteiger partial charge is 0.274 e. The van der Waals surface area contributed by atoms with Gasteiger partial charge in [0.2, 0.25) is 0 Å². The molecule has 6 nitrogen and oxygen atoms in total. The summed E-state index contributed by atoms with van der Waals surface area (Å²) in [6.07, 6.45) is 2.63. The molecule has 3 heterocycles. The molecule has 24 heavy (non-hydrogen) atoms. The van der Waals surface area contributed by atoms with Crippen molar-refractivity contribution in [1.29, 1.82) is 0 Å². The van der Waals surface area contributed by atoms with Crippen molar-refractivity contribution < 1.29 is 4.79 Å². The molecular weight excluding hydrogens is 302 g/mol. The highest BCUT2D eigenvalue weighted by Crippen LogP contribution is 2.28. The van der Waals surface area contributed by atoms with E-state index >= 15 is 0 Å². The van der Waals surface area contributed by atoms with Crippen molar-refractivity contribution in [2.75, 3.05) is 6.54 Å². The summed E-state index contributed by atoms with van der Waals surface area (Å²) in [5.41, 5.74) is 4.74. The molecule has 0 saturated heterocycles. The van der Waals surface area contributed by atoms with Crippen LogP contribution in [-0.4, -0.2) is 37.3 Å². The van der Waals surface area contributed by atoms with E-state index < -0.39 is 0 Å². The van der Waals surface area contributed by atoms with Gasteiger partial charge in [-0.25, -0.2) is 0 Å². The van der Waals surface area contributed by atoms with Crippen LogP contribution in [0.25, 0.3) is 11.3 Å². The average Bonchev–Trinajstić information content (AvgIpc) is 3.28. The van der Waals surface area contributed by atoms with E-state index in [-0.39, 0.29) is 5.91 Å². The van der Waals surface area contributed by atoms with E-state index in [2.05, 4.69) is 15.3 Å². The van der Waals surface area contributed by atoms with E-state index in [1.807, 2.05) is 48.4 Å². The second kappa shape index (κ2) is 5.96. The first-order valence-electron chi connectivity index (χ1n) is 8.20. The summed E-state index contributed by atoms with van der Waals surface area (Å²) in [6.45, 7) is 4.01. The summed E-state index contributed by atoms with van der Waals surface area (Å²) < 4.78 is 1.77. The van der Waals surface area contributed by atoms with Gasteiger partial charge in [0.1, 0.15) is 5.69 Å². The van der Waals surface area contributed by atoms with Crippen molar-refractivity contribution in [1.82, 2.24) is 24.9 Å². The fourth-order valence-corrected chi connectivity index (χ4v) is 3.12. The molecule has 2 aromatic heterocycles. The number of rotatable bonds is 3. The van der Waals surface area contributed by atoms with E-state index in [9.17, 15) is 4.79 Å². The summed E-state index contributed by atoms with van der Waals surface area (Å²) in [5.74, 6) is -0.0203. The van der Waals surface area contributed by atoms with E-state index in [4.69, 9.17) is 0 Å². The molecule has 0 radical (unpaired) electrons. The van der Waals surface area contributed by atoms with E-state index in [0.717, 1.165) is 35.5 Å². The van der Waals surface area contributed by atoms with Crippen molar-refractivity contribution in [2.24, 2.45) is 0 Å². The monoisotopic (exact) mass is 321 g/mol. The van der Waals surface area contributed by atoms with E-state index in [0.29, 0.717) is 18.8 Å². The zero-order valence-corrected chi connectivity index (χ0v) is 13.6. The number of H-pyrrole nitrogens is 1. The van der Waals surface area contributed by atoms with E-state index in [1.165, 1.54) is 0 Å².